The fourth-order valence-corrected chi connectivity index (χ4v) is 4.60. The lowest BCUT2D eigenvalue weighted by Gasteiger charge is -2.39. The first kappa shape index (κ1) is 22.1. The number of hydrogen-bond acceptors (Lipinski definition) is 4. The van der Waals surface area contributed by atoms with Gasteiger partial charge in [-0.3, -0.25) is 9.59 Å². The van der Waals surface area contributed by atoms with Crippen LogP contribution in [0, 0.1) is 12.3 Å². The van der Waals surface area contributed by atoms with E-state index in [1.807, 2.05) is 59.7 Å². The van der Waals surface area contributed by atoms with Gasteiger partial charge in [0.15, 0.2) is 0 Å². The molecule has 3 aromatic rings. The van der Waals surface area contributed by atoms with Crippen molar-refractivity contribution in [1.29, 1.82) is 0 Å². The second kappa shape index (κ2) is 9.55. The van der Waals surface area contributed by atoms with Gasteiger partial charge in [0.25, 0.3) is 5.91 Å². The summed E-state index contributed by atoms with van der Waals surface area (Å²) in [6.45, 7) is 5.31. The van der Waals surface area contributed by atoms with E-state index in [-0.39, 0.29) is 11.9 Å². The summed E-state index contributed by atoms with van der Waals surface area (Å²) in [7, 11) is 0. The molecule has 0 aliphatic carbocycles. The SMILES string of the molecule is CCOC(=O)C1(CCCc2ccccc2)CCN(C(=O)c2cn3ccc(C)cc3n2)CC1. The largest absolute Gasteiger partial charge is 0.466 e. The fraction of sp³-hybridized carbons (Fsp3) is 0.423. The molecule has 3 heterocycles. The highest BCUT2D eigenvalue weighted by Gasteiger charge is 2.43. The zero-order chi connectivity index (χ0) is 22.6. The van der Waals surface area contributed by atoms with E-state index in [9.17, 15) is 9.59 Å². The minimum absolute atomic E-state index is 0.0758. The highest BCUT2D eigenvalue weighted by molar-refractivity contribution is 5.93. The number of amides is 1. The van der Waals surface area contributed by atoms with Crippen molar-refractivity contribution >= 4 is 17.5 Å². The number of piperidine rings is 1. The first-order valence-electron chi connectivity index (χ1n) is 11.5. The van der Waals surface area contributed by atoms with Gasteiger partial charge in [0.1, 0.15) is 11.3 Å². The molecule has 0 radical (unpaired) electrons. The summed E-state index contributed by atoms with van der Waals surface area (Å²) in [5.41, 5.74) is 3.09. The predicted octanol–water partition coefficient (Wildman–Crippen LogP) is 4.45. The summed E-state index contributed by atoms with van der Waals surface area (Å²) in [5, 5.41) is 0. The standard InChI is InChI=1S/C26H31N3O3/c1-3-32-25(31)26(12-7-10-21-8-5-4-6-9-21)13-16-28(17-14-26)24(30)22-19-29-15-11-20(2)18-23(29)27-22/h4-6,8-9,11,15,18-19H,3,7,10,12-14,16-17H2,1-2H3. The maximum Gasteiger partial charge on any atom is 0.312 e. The van der Waals surface area contributed by atoms with Crippen LogP contribution in [-0.4, -0.2) is 45.9 Å². The van der Waals surface area contributed by atoms with Crippen LogP contribution < -0.4 is 0 Å². The summed E-state index contributed by atoms with van der Waals surface area (Å²) in [4.78, 5) is 32.3. The van der Waals surface area contributed by atoms with Crippen LogP contribution >= 0.6 is 0 Å². The Morgan fingerprint density at radius 2 is 1.88 bits per heavy atom. The van der Waals surface area contributed by atoms with Gasteiger partial charge in [0, 0.05) is 25.5 Å². The molecule has 1 aromatic carbocycles. The highest BCUT2D eigenvalue weighted by Crippen LogP contribution is 2.38. The van der Waals surface area contributed by atoms with Crippen LogP contribution in [0.1, 0.15) is 54.2 Å². The number of fused-ring (bicyclic) bond motifs is 1. The highest BCUT2D eigenvalue weighted by atomic mass is 16.5. The van der Waals surface area contributed by atoms with E-state index in [0.29, 0.717) is 38.2 Å². The van der Waals surface area contributed by atoms with Crippen molar-refractivity contribution in [3.05, 3.63) is 71.7 Å². The van der Waals surface area contributed by atoms with Gasteiger partial charge in [-0.2, -0.15) is 0 Å². The van der Waals surface area contributed by atoms with Crippen LogP contribution in [0.5, 0.6) is 0 Å². The Bertz CT molecular complexity index is 1080. The number of carbonyl (C=O) groups is 2. The number of aryl methyl sites for hydroxylation is 2. The van der Waals surface area contributed by atoms with Crippen molar-refractivity contribution in [3.63, 3.8) is 0 Å². The van der Waals surface area contributed by atoms with Gasteiger partial charge < -0.3 is 14.0 Å². The van der Waals surface area contributed by atoms with Crippen molar-refractivity contribution in [3.8, 4) is 0 Å². The lowest BCUT2D eigenvalue weighted by molar-refractivity contribution is -0.159. The molecule has 32 heavy (non-hydrogen) atoms. The summed E-state index contributed by atoms with van der Waals surface area (Å²) in [6.07, 6.45) is 7.58. The van der Waals surface area contributed by atoms with Crippen LogP contribution in [0.4, 0.5) is 0 Å². The Morgan fingerprint density at radius 1 is 1.12 bits per heavy atom. The molecular weight excluding hydrogens is 402 g/mol. The monoisotopic (exact) mass is 433 g/mol. The minimum Gasteiger partial charge on any atom is -0.466 e. The van der Waals surface area contributed by atoms with E-state index in [4.69, 9.17) is 4.74 Å². The average molecular weight is 434 g/mol. The average Bonchev–Trinajstić information content (AvgIpc) is 3.23. The summed E-state index contributed by atoms with van der Waals surface area (Å²) >= 11 is 0. The third kappa shape index (κ3) is 4.69. The second-order valence-corrected chi connectivity index (χ2v) is 8.73. The maximum atomic E-state index is 13.1. The molecule has 4 rings (SSSR count). The summed E-state index contributed by atoms with van der Waals surface area (Å²) in [6, 6.07) is 14.3. The predicted molar refractivity (Wildman–Crippen MR) is 124 cm³/mol. The summed E-state index contributed by atoms with van der Waals surface area (Å²) < 4.78 is 7.33. The number of aromatic nitrogens is 2. The van der Waals surface area contributed by atoms with Gasteiger partial charge in [0.05, 0.1) is 12.0 Å². The van der Waals surface area contributed by atoms with Crippen LogP contribution in [0.2, 0.25) is 0 Å². The number of nitrogens with zero attached hydrogens (tertiary/aromatic N) is 3. The fourth-order valence-electron chi connectivity index (χ4n) is 4.60. The van der Waals surface area contributed by atoms with Crippen molar-refractivity contribution < 1.29 is 14.3 Å². The number of imidazole rings is 1. The number of likely N-dealkylation sites (tertiary alicyclic amines) is 1. The van der Waals surface area contributed by atoms with E-state index in [0.717, 1.165) is 30.5 Å². The molecule has 6 nitrogen and oxygen atoms in total. The molecule has 0 unspecified atom stereocenters. The molecule has 0 N–H and O–H groups in total. The lowest BCUT2D eigenvalue weighted by atomic mass is 9.74. The molecule has 0 saturated carbocycles. The van der Waals surface area contributed by atoms with E-state index in [1.54, 1.807) is 6.20 Å². The Hall–Kier alpha value is -3.15. The molecular formula is C26H31N3O3. The van der Waals surface area contributed by atoms with Crippen molar-refractivity contribution in [2.24, 2.45) is 5.41 Å². The van der Waals surface area contributed by atoms with Gasteiger partial charge in [-0.15, -0.1) is 0 Å². The number of carbonyl (C=O) groups excluding carboxylic acids is 2. The molecule has 1 amide bonds. The van der Waals surface area contributed by atoms with Crippen molar-refractivity contribution in [2.45, 2.75) is 46.0 Å². The lowest BCUT2D eigenvalue weighted by Crippen LogP contribution is -2.47. The smallest absolute Gasteiger partial charge is 0.312 e. The van der Waals surface area contributed by atoms with E-state index in [1.165, 1.54) is 5.56 Å². The topological polar surface area (TPSA) is 63.9 Å². The Kier molecular flexibility index (Phi) is 6.58. The third-order valence-electron chi connectivity index (χ3n) is 6.51. The van der Waals surface area contributed by atoms with Gasteiger partial charge in [-0.25, -0.2) is 4.98 Å². The van der Waals surface area contributed by atoms with Crippen LogP contribution in [-0.2, 0) is 16.0 Å². The molecule has 0 bridgehead atoms. The first-order chi connectivity index (χ1) is 15.5. The zero-order valence-corrected chi connectivity index (χ0v) is 18.9. The quantitative estimate of drug-likeness (QED) is 0.517. The molecule has 1 aliphatic rings. The summed E-state index contributed by atoms with van der Waals surface area (Å²) in [5.74, 6) is -0.198. The third-order valence-corrected chi connectivity index (χ3v) is 6.51. The number of hydrogen-bond donors (Lipinski definition) is 0. The molecule has 2 aromatic heterocycles. The van der Waals surface area contributed by atoms with Crippen molar-refractivity contribution in [2.75, 3.05) is 19.7 Å². The molecule has 1 saturated heterocycles. The first-order valence-corrected chi connectivity index (χ1v) is 11.5. The minimum atomic E-state index is -0.516. The molecule has 1 aliphatic heterocycles. The number of pyridine rings is 1. The normalized spacial score (nSPS) is 15.6. The van der Waals surface area contributed by atoms with E-state index < -0.39 is 5.41 Å². The van der Waals surface area contributed by atoms with Crippen LogP contribution in [0.15, 0.2) is 54.9 Å². The van der Waals surface area contributed by atoms with E-state index >= 15 is 0 Å². The Morgan fingerprint density at radius 3 is 2.59 bits per heavy atom. The number of rotatable bonds is 7. The number of ether oxygens (including phenoxy) is 1. The van der Waals surface area contributed by atoms with Gasteiger partial charge >= 0.3 is 5.97 Å². The Balaban J connectivity index is 1.42. The molecule has 168 valence electrons. The molecule has 0 spiro atoms. The zero-order valence-electron chi connectivity index (χ0n) is 18.9. The van der Waals surface area contributed by atoms with Gasteiger partial charge in [0.2, 0.25) is 0 Å². The molecule has 1 fully saturated rings. The molecule has 0 atom stereocenters. The van der Waals surface area contributed by atoms with E-state index in [2.05, 4.69) is 17.1 Å². The number of esters is 1. The maximum absolute atomic E-state index is 13.1. The Labute approximate surface area is 189 Å². The molecule has 6 heteroatoms. The number of benzene rings is 1. The van der Waals surface area contributed by atoms with Gasteiger partial charge in [-0.05, 0) is 69.2 Å². The van der Waals surface area contributed by atoms with Crippen molar-refractivity contribution in [1.82, 2.24) is 14.3 Å². The van der Waals surface area contributed by atoms with Crippen LogP contribution in [0.25, 0.3) is 5.65 Å². The van der Waals surface area contributed by atoms with Gasteiger partial charge in [-0.1, -0.05) is 30.3 Å². The second-order valence-electron chi connectivity index (χ2n) is 8.73. The van der Waals surface area contributed by atoms with Crippen LogP contribution in [0.3, 0.4) is 0 Å².